The van der Waals surface area contributed by atoms with E-state index in [0.29, 0.717) is 16.3 Å². The maximum Gasteiger partial charge on any atom is 0.339 e. The third-order valence-electron chi connectivity index (χ3n) is 3.24. The fraction of sp³-hybridized carbons (Fsp3) is 0.167. The molecule has 5 heteroatoms. The van der Waals surface area contributed by atoms with Gasteiger partial charge in [-0.05, 0) is 35.7 Å². The number of aliphatic carboxylic acids is 1. The molecule has 0 radical (unpaired) electrons. The molecular formula is C18H17ClO4. The van der Waals surface area contributed by atoms with Gasteiger partial charge in [0.2, 0.25) is 0 Å². The second-order valence-electron chi connectivity index (χ2n) is 4.95. The van der Waals surface area contributed by atoms with E-state index in [1.807, 2.05) is 31.2 Å². The zero-order chi connectivity index (χ0) is 16.8. The van der Waals surface area contributed by atoms with Gasteiger partial charge < -0.3 is 14.6 Å². The van der Waals surface area contributed by atoms with Crippen molar-refractivity contribution in [3.8, 4) is 5.75 Å². The molecule has 0 aliphatic heterocycles. The number of hydrogen-bond donors (Lipinski definition) is 1. The van der Waals surface area contributed by atoms with Crippen LogP contribution in [0.3, 0.4) is 0 Å². The molecule has 0 aliphatic carbocycles. The Morgan fingerprint density at radius 3 is 2.65 bits per heavy atom. The van der Waals surface area contributed by atoms with Gasteiger partial charge in [-0.1, -0.05) is 41.9 Å². The molecule has 0 saturated heterocycles. The summed E-state index contributed by atoms with van der Waals surface area (Å²) in [4.78, 5) is 11.4. The molecule has 0 bridgehead atoms. The van der Waals surface area contributed by atoms with Gasteiger partial charge in [0.05, 0.1) is 18.4 Å². The van der Waals surface area contributed by atoms with Crippen LogP contribution in [0.15, 0.2) is 48.7 Å². The van der Waals surface area contributed by atoms with Gasteiger partial charge in [-0.25, -0.2) is 4.79 Å². The van der Waals surface area contributed by atoms with Crippen LogP contribution in [0, 0.1) is 6.92 Å². The van der Waals surface area contributed by atoms with E-state index in [1.165, 1.54) is 13.4 Å². The molecule has 0 heterocycles. The van der Waals surface area contributed by atoms with Crippen molar-refractivity contribution < 1.29 is 19.4 Å². The summed E-state index contributed by atoms with van der Waals surface area (Å²) in [6, 6.07) is 12.6. The average molecular weight is 333 g/mol. The fourth-order valence-corrected chi connectivity index (χ4v) is 2.42. The predicted molar refractivity (Wildman–Crippen MR) is 89.6 cm³/mol. The minimum atomic E-state index is -1.06. The first kappa shape index (κ1) is 16.9. The van der Waals surface area contributed by atoms with Crippen LogP contribution in [0.5, 0.6) is 5.75 Å². The lowest BCUT2D eigenvalue weighted by atomic mass is 10.0. The molecular weight excluding hydrogens is 316 g/mol. The summed E-state index contributed by atoms with van der Waals surface area (Å²) in [5, 5.41) is 9.85. The smallest absolute Gasteiger partial charge is 0.339 e. The molecule has 0 fully saturated rings. The standard InChI is InChI=1S/C18H17ClO4/c1-12-7-8-17(16(19)9-12)23-10-13-5-3-4-6-14(13)15(11-22-2)18(20)21/h3-9,11H,10H2,1-2H3,(H,20,21)/b15-11+. The van der Waals surface area contributed by atoms with E-state index in [2.05, 4.69) is 0 Å². The number of carboxylic acids is 1. The van der Waals surface area contributed by atoms with Crippen LogP contribution in [0.4, 0.5) is 0 Å². The largest absolute Gasteiger partial charge is 0.503 e. The van der Waals surface area contributed by atoms with Gasteiger partial charge in [0.15, 0.2) is 0 Å². The van der Waals surface area contributed by atoms with Crippen LogP contribution >= 0.6 is 11.6 Å². The maximum absolute atomic E-state index is 11.4. The van der Waals surface area contributed by atoms with Crippen molar-refractivity contribution in [1.29, 1.82) is 0 Å². The van der Waals surface area contributed by atoms with E-state index >= 15 is 0 Å². The molecule has 1 N–H and O–H groups in total. The monoisotopic (exact) mass is 332 g/mol. The molecule has 0 aliphatic rings. The summed E-state index contributed by atoms with van der Waals surface area (Å²) in [5.41, 5.74) is 2.39. The first-order valence-electron chi connectivity index (χ1n) is 6.96. The van der Waals surface area contributed by atoms with Crippen LogP contribution in [0.1, 0.15) is 16.7 Å². The molecule has 0 spiro atoms. The SMILES string of the molecule is CO/C=C(/C(=O)O)c1ccccc1COc1ccc(C)cc1Cl. The lowest BCUT2D eigenvalue weighted by molar-refractivity contribution is -0.130. The van der Waals surface area contributed by atoms with Crippen molar-refractivity contribution in [3.05, 3.63) is 70.4 Å². The highest BCUT2D eigenvalue weighted by molar-refractivity contribution is 6.32. The Hall–Kier alpha value is -2.46. The van der Waals surface area contributed by atoms with Gasteiger partial charge >= 0.3 is 5.97 Å². The molecule has 0 amide bonds. The first-order valence-corrected chi connectivity index (χ1v) is 7.34. The van der Waals surface area contributed by atoms with Gasteiger partial charge in [-0.15, -0.1) is 0 Å². The summed E-state index contributed by atoms with van der Waals surface area (Å²) in [7, 11) is 1.41. The second-order valence-corrected chi connectivity index (χ2v) is 5.36. The molecule has 0 unspecified atom stereocenters. The Morgan fingerprint density at radius 2 is 2.00 bits per heavy atom. The highest BCUT2D eigenvalue weighted by Gasteiger charge is 2.15. The van der Waals surface area contributed by atoms with Gasteiger partial charge in [-0.3, -0.25) is 0 Å². The number of hydrogen-bond acceptors (Lipinski definition) is 3. The minimum absolute atomic E-state index is 0.0710. The van der Waals surface area contributed by atoms with E-state index in [9.17, 15) is 9.90 Å². The zero-order valence-electron chi connectivity index (χ0n) is 12.9. The molecule has 120 valence electrons. The summed E-state index contributed by atoms with van der Waals surface area (Å²) >= 11 is 6.15. The fourth-order valence-electron chi connectivity index (χ4n) is 2.13. The Balaban J connectivity index is 2.27. The number of benzene rings is 2. The summed E-state index contributed by atoms with van der Waals surface area (Å²) < 4.78 is 10.6. The number of halogens is 1. The van der Waals surface area contributed by atoms with Crippen molar-refractivity contribution in [1.82, 2.24) is 0 Å². The highest BCUT2D eigenvalue weighted by atomic mass is 35.5. The van der Waals surface area contributed by atoms with Gasteiger partial charge in [0.25, 0.3) is 0 Å². The topological polar surface area (TPSA) is 55.8 Å². The molecule has 0 saturated carbocycles. The van der Waals surface area contributed by atoms with Crippen LogP contribution in [0.25, 0.3) is 5.57 Å². The minimum Gasteiger partial charge on any atom is -0.503 e. The Labute approximate surface area is 139 Å². The summed E-state index contributed by atoms with van der Waals surface area (Å²) in [5.74, 6) is -0.507. The molecule has 0 aromatic heterocycles. The molecule has 2 aromatic rings. The summed E-state index contributed by atoms with van der Waals surface area (Å²) in [6.07, 6.45) is 1.21. The summed E-state index contributed by atoms with van der Waals surface area (Å²) in [6.45, 7) is 2.15. The Kier molecular flexibility index (Phi) is 5.66. The van der Waals surface area contributed by atoms with Crippen molar-refractivity contribution in [3.63, 3.8) is 0 Å². The van der Waals surface area contributed by atoms with Gasteiger partial charge in [-0.2, -0.15) is 0 Å². The number of carbonyl (C=O) groups is 1. The van der Waals surface area contributed by atoms with Crippen LogP contribution < -0.4 is 4.74 Å². The first-order chi connectivity index (χ1) is 11.0. The lowest BCUT2D eigenvalue weighted by Crippen LogP contribution is -2.06. The van der Waals surface area contributed by atoms with Crippen molar-refractivity contribution in [2.75, 3.05) is 7.11 Å². The van der Waals surface area contributed by atoms with E-state index in [1.54, 1.807) is 18.2 Å². The highest BCUT2D eigenvalue weighted by Crippen LogP contribution is 2.27. The molecule has 2 rings (SSSR count). The Bertz CT molecular complexity index is 738. The van der Waals surface area contributed by atoms with E-state index < -0.39 is 5.97 Å². The number of carboxylic acid groups (broad SMARTS) is 1. The van der Waals surface area contributed by atoms with Crippen LogP contribution in [-0.4, -0.2) is 18.2 Å². The van der Waals surface area contributed by atoms with Crippen LogP contribution in [0.2, 0.25) is 5.02 Å². The van der Waals surface area contributed by atoms with Crippen molar-refractivity contribution in [2.45, 2.75) is 13.5 Å². The van der Waals surface area contributed by atoms with Crippen molar-refractivity contribution >= 4 is 23.1 Å². The van der Waals surface area contributed by atoms with E-state index in [-0.39, 0.29) is 12.2 Å². The molecule has 2 aromatic carbocycles. The number of methoxy groups -OCH3 is 1. The van der Waals surface area contributed by atoms with E-state index in [4.69, 9.17) is 21.1 Å². The van der Waals surface area contributed by atoms with E-state index in [0.717, 1.165) is 11.1 Å². The maximum atomic E-state index is 11.4. The lowest BCUT2D eigenvalue weighted by Gasteiger charge is -2.12. The number of aryl methyl sites for hydroxylation is 1. The quantitative estimate of drug-likeness (QED) is 0.633. The average Bonchev–Trinajstić information content (AvgIpc) is 2.52. The Morgan fingerprint density at radius 1 is 1.26 bits per heavy atom. The van der Waals surface area contributed by atoms with Gasteiger partial charge in [0, 0.05) is 0 Å². The van der Waals surface area contributed by atoms with Gasteiger partial charge in [0.1, 0.15) is 17.9 Å². The third-order valence-corrected chi connectivity index (χ3v) is 3.54. The normalized spacial score (nSPS) is 11.2. The molecule has 0 atom stereocenters. The zero-order valence-corrected chi connectivity index (χ0v) is 13.6. The predicted octanol–water partition coefficient (Wildman–Crippen LogP) is 4.30. The number of rotatable bonds is 6. The molecule has 23 heavy (non-hydrogen) atoms. The third kappa shape index (κ3) is 4.27. The molecule has 4 nitrogen and oxygen atoms in total. The van der Waals surface area contributed by atoms with Crippen LogP contribution in [-0.2, 0) is 16.1 Å². The second kappa shape index (κ2) is 7.70. The number of ether oxygens (including phenoxy) is 2. The van der Waals surface area contributed by atoms with Crippen molar-refractivity contribution in [2.24, 2.45) is 0 Å².